The second kappa shape index (κ2) is 6.24. The summed E-state index contributed by atoms with van der Waals surface area (Å²) in [5, 5.41) is 15.0. The maximum absolute atomic E-state index is 8.66. The third-order valence-corrected chi connectivity index (χ3v) is 3.38. The van der Waals surface area contributed by atoms with E-state index >= 15 is 0 Å². The molecule has 2 aromatic carbocycles. The number of nitrogens with zero attached hydrogens (tertiary/aromatic N) is 1. The van der Waals surface area contributed by atoms with Crippen molar-refractivity contribution in [2.45, 2.75) is 6.54 Å². The number of benzene rings is 2. The molecule has 0 bridgehead atoms. The molecule has 5 heteroatoms. The smallest absolute Gasteiger partial charge is 0.170 e. The Balaban J connectivity index is 2.10. The highest BCUT2D eigenvalue weighted by Crippen LogP contribution is 2.21. The Hall–Kier alpha value is -2.01. The first-order valence-electron chi connectivity index (χ1n) is 5.76. The molecule has 0 aliphatic heterocycles. The minimum Gasteiger partial charge on any atom is -0.409 e. The number of hydrogen-bond acceptors (Lipinski definition) is 3. The van der Waals surface area contributed by atoms with Crippen LogP contribution >= 0.6 is 15.9 Å². The highest BCUT2D eigenvalue weighted by atomic mass is 79.9. The normalized spacial score (nSPS) is 11.3. The lowest BCUT2D eigenvalue weighted by Crippen LogP contribution is -2.13. The van der Waals surface area contributed by atoms with Crippen LogP contribution in [0.5, 0.6) is 0 Å². The summed E-state index contributed by atoms with van der Waals surface area (Å²) in [6.07, 6.45) is 0. The second-order valence-corrected chi connectivity index (χ2v) is 4.87. The van der Waals surface area contributed by atoms with Crippen molar-refractivity contribution in [3.05, 3.63) is 64.1 Å². The Labute approximate surface area is 120 Å². The summed E-state index contributed by atoms with van der Waals surface area (Å²) in [5.41, 5.74) is 8.35. The van der Waals surface area contributed by atoms with E-state index in [9.17, 15) is 0 Å². The van der Waals surface area contributed by atoms with E-state index < -0.39 is 0 Å². The van der Waals surface area contributed by atoms with Gasteiger partial charge in [-0.2, -0.15) is 0 Å². The summed E-state index contributed by atoms with van der Waals surface area (Å²) in [4.78, 5) is 0. The monoisotopic (exact) mass is 319 g/mol. The molecule has 0 saturated carbocycles. The predicted molar refractivity (Wildman–Crippen MR) is 80.4 cm³/mol. The van der Waals surface area contributed by atoms with E-state index in [0.29, 0.717) is 12.1 Å². The maximum atomic E-state index is 8.66. The van der Waals surface area contributed by atoms with E-state index in [-0.39, 0.29) is 5.84 Å². The molecule has 0 unspecified atom stereocenters. The number of nitrogens with one attached hydrogen (secondary N) is 1. The molecule has 2 aromatic rings. The van der Waals surface area contributed by atoms with Crippen molar-refractivity contribution in [1.82, 2.24) is 0 Å². The Morgan fingerprint density at radius 3 is 2.74 bits per heavy atom. The molecule has 0 saturated heterocycles. The Morgan fingerprint density at radius 2 is 2.00 bits per heavy atom. The average Bonchev–Trinajstić information content (AvgIpc) is 2.46. The number of hydrogen-bond donors (Lipinski definition) is 3. The number of anilines is 1. The third kappa shape index (κ3) is 3.48. The van der Waals surface area contributed by atoms with Crippen LogP contribution in [0.2, 0.25) is 0 Å². The molecule has 0 fully saturated rings. The summed E-state index contributed by atoms with van der Waals surface area (Å²) in [5.74, 6) is 0.114. The standard InChI is InChI=1S/C14H14BrN3O/c15-12-6-1-2-7-13(12)17-9-10-4-3-5-11(8-10)14(16)18-19/h1-8,17,19H,9H2,(H2,16,18). The molecule has 98 valence electrons. The molecule has 4 nitrogen and oxygen atoms in total. The fourth-order valence-corrected chi connectivity index (χ4v) is 2.13. The fraction of sp³-hybridized carbons (Fsp3) is 0.0714. The maximum Gasteiger partial charge on any atom is 0.170 e. The van der Waals surface area contributed by atoms with Crippen LogP contribution in [0.25, 0.3) is 0 Å². The number of rotatable bonds is 4. The lowest BCUT2D eigenvalue weighted by atomic mass is 10.1. The largest absolute Gasteiger partial charge is 0.409 e. The van der Waals surface area contributed by atoms with Crippen LogP contribution in [0.4, 0.5) is 5.69 Å². The highest BCUT2D eigenvalue weighted by Gasteiger charge is 2.02. The van der Waals surface area contributed by atoms with E-state index in [1.807, 2.05) is 42.5 Å². The van der Waals surface area contributed by atoms with Crippen LogP contribution < -0.4 is 11.1 Å². The van der Waals surface area contributed by atoms with Crippen LogP contribution in [0, 0.1) is 0 Å². The first-order chi connectivity index (χ1) is 9.20. The van der Waals surface area contributed by atoms with Gasteiger partial charge in [0, 0.05) is 22.3 Å². The fourth-order valence-electron chi connectivity index (χ4n) is 1.70. The van der Waals surface area contributed by atoms with Gasteiger partial charge in [0.15, 0.2) is 5.84 Å². The molecule has 2 rings (SSSR count). The van der Waals surface area contributed by atoms with Gasteiger partial charge in [-0.05, 0) is 39.7 Å². The topological polar surface area (TPSA) is 70.6 Å². The molecule has 0 amide bonds. The zero-order valence-electron chi connectivity index (χ0n) is 10.2. The summed E-state index contributed by atoms with van der Waals surface area (Å²) in [6, 6.07) is 15.5. The molecule has 19 heavy (non-hydrogen) atoms. The van der Waals surface area contributed by atoms with Crippen molar-refractivity contribution in [2.24, 2.45) is 10.9 Å². The van der Waals surface area contributed by atoms with Gasteiger partial charge in [-0.25, -0.2) is 0 Å². The molecule has 0 aliphatic carbocycles. The minimum atomic E-state index is 0.114. The van der Waals surface area contributed by atoms with Crippen molar-refractivity contribution in [3.63, 3.8) is 0 Å². The first-order valence-corrected chi connectivity index (χ1v) is 6.55. The lowest BCUT2D eigenvalue weighted by Gasteiger charge is -2.09. The number of para-hydroxylation sites is 1. The van der Waals surface area contributed by atoms with Gasteiger partial charge in [0.25, 0.3) is 0 Å². The van der Waals surface area contributed by atoms with Crippen LogP contribution in [-0.4, -0.2) is 11.0 Å². The van der Waals surface area contributed by atoms with Gasteiger partial charge in [-0.3, -0.25) is 0 Å². The summed E-state index contributed by atoms with van der Waals surface area (Å²) >= 11 is 3.48. The van der Waals surface area contributed by atoms with Gasteiger partial charge in [0.1, 0.15) is 0 Å². The summed E-state index contributed by atoms with van der Waals surface area (Å²) < 4.78 is 1.02. The van der Waals surface area contributed by atoms with E-state index in [0.717, 1.165) is 15.7 Å². The SMILES string of the molecule is NC(=NO)c1cccc(CNc2ccccc2Br)c1. The number of nitrogens with two attached hydrogens (primary N) is 1. The van der Waals surface area contributed by atoms with Gasteiger partial charge in [0.2, 0.25) is 0 Å². The van der Waals surface area contributed by atoms with Gasteiger partial charge < -0.3 is 16.3 Å². The van der Waals surface area contributed by atoms with E-state index in [1.54, 1.807) is 6.07 Å². The van der Waals surface area contributed by atoms with Crippen LogP contribution in [0.3, 0.4) is 0 Å². The van der Waals surface area contributed by atoms with Gasteiger partial charge in [-0.1, -0.05) is 35.5 Å². The third-order valence-electron chi connectivity index (χ3n) is 2.69. The molecule has 0 atom stereocenters. The van der Waals surface area contributed by atoms with Gasteiger partial charge in [0.05, 0.1) is 0 Å². The van der Waals surface area contributed by atoms with Crippen LogP contribution in [-0.2, 0) is 6.54 Å². The van der Waals surface area contributed by atoms with Crippen molar-refractivity contribution >= 4 is 27.5 Å². The first kappa shape index (κ1) is 13.4. The summed E-state index contributed by atoms with van der Waals surface area (Å²) in [7, 11) is 0. The molecule has 0 radical (unpaired) electrons. The molecule has 0 aromatic heterocycles. The predicted octanol–water partition coefficient (Wildman–Crippen LogP) is 3.16. The lowest BCUT2D eigenvalue weighted by molar-refractivity contribution is 0.318. The second-order valence-electron chi connectivity index (χ2n) is 4.02. The Bertz CT molecular complexity index is 599. The molecular formula is C14H14BrN3O. The number of amidine groups is 1. The van der Waals surface area contributed by atoms with Crippen molar-refractivity contribution < 1.29 is 5.21 Å². The number of oxime groups is 1. The Kier molecular flexibility index (Phi) is 4.41. The highest BCUT2D eigenvalue weighted by molar-refractivity contribution is 9.10. The van der Waals surface area contributed by atoms with E-state index in [1.165, 1.54) is 0 Å². The quantitative estimate of drug-likeness (QED) is 0.351. The van der Waals surface area contributed by atoms with Crippen molar-refractivity contribution in [1.29, 1.82) is 0 Å². The van der Waals surface area contributed by atoms with Crippen LogP contribution in [0.1, 0.15) is 11.1 Å². The molecule has 0 spiro atoms. The van der Waals surface area contributed by atoms with E-state index in [4.69, 9.17) is 10.9 Å². The molecule has 4 N–H and O–H groups in total. The average molecular weight is 320 g/mol. The van der Waals surface area contributed by atoms with Gasteiger partial charge in [-0.15, -0.1) is 0 Å². The molecule has 0 aliphatic rings. The van der Waals surface area contributed by atoms with E-state index in [2.05, 4.69) is 26.4 Å². The minimum absolute atomic E-state index is 0.114. The Morgan fingerprint density at radius 1 is 1.21 bits per heavy atom. The summed E-state index contributed by atoms with van der Waals surface area (Å²) in [6.45, 7) is 0.662. The molecular weight excluding hydrogens is 306 g/mol. The van der Waals surface area contributed by atoms with Crippen LogP contribution in [0.15, 0.2) is 58.2 Å². The van der Waals surface area contributed by atoms with Crippen molar-refractivity contribution in [2.75, 3.05) is 5.32 Å². The zero-order chi connectivity index (χ0) is 13.7. The zero-order valence-corrected chi connectivity index (χ0v) is 11.8. The molecule has 0 heterocycles. The van der Waals surface area contributed by atoms with Crippen molar-refractivity contribution in [3.8, 4) is 0 Å². The van der Waals surface area contributed by atoms with Gasteiger partial charge >= 0.3 is 0 Å². The number of halogens is 1.